The second-order valence-corrected chi connectivity index (χ2v) is 8.97. The van der Waals surface area contributed by atoms with Gasteiger partial charge in [0.2, 0.25) is 5.91 Å². The Morgan fingerprint density at radius 3 is 2.89 bits per heavy atom. The van der Waals surface area contributed by atoms with E-state index in [4.69, 9.17) is 0 Å². The maximum atomic E-state index is 12.3. The minimum atomic E-state index is -0.145. The van der Waals surface area contributed by atoms with Crippen molar-refractivity contribution in [3.63, 3.8) is 0 Å². The number of hydrogen-bond donors (Lipinski definition) is 1. The normalized spacial score (nSPS) is 16.4. The summed E-state index contributed by atoms with van der Waals surface area (Å²) in [6.45, 7) is 6.39. The number of benzene rings is 1. The van der Waals surface area contributed by atoms with Crippen molar-refractivity contribution >= 4 is 35.1 Å². The molecule has 1 aliphatic rings. The second kappa shape index (κ2) is 12.4. The molecule has 1 fully saturated rings. The van der Waals surface area contributed by atoms with E-state index in [1.54, 1.807) is 16.7 Å². The van der Waals surface area contributed by atoms with Gasteiger partial charge in [0.15, 0.2) is 0 Å². The van der Waals surface area contributed by atoms with Crippen LogP contribution in [0.2, 0.25) is 0 Å². The zero-order valence-corrected chi connectivity index (χ0v) is 18.5. The Kier molecular flexibility index (Phi) is 10.2. The minimum Gasteiger partial charge on any atom is -0.362 e. The van der Waals surface area contributed by atoms with E-state index in [0.29, 0.717) is 0 Å². The van der Waals surface area contributed by atoms with E-state index in [0.717, 1.165) is 18.7 Å². The Morgan fingerprint density at radius 1 is 1.41 bits per heavy atom. The highest BCUT2D eigenvalue weighted by Gasteiger charge is 2.17. The molecule has 0 radical (unpaired) electrons. The van der Waals surface area contributed by atoms with E-state index in [2.05, 4.69) is 46.2 Å². The smallest absolute Gasteiger partial charge is 0.239 e. The molecule has 1 aromatic carbocycles. The van der Waals surface area contributed by atoms with Gasteiger partial charge >= 0.3 is 0 Å². The lowest BCUT2D eigenvalue weighted by Crippen LogP contribution is -2.33. The van der Waals surface area contributed by atoms with Gasteiger partial charge in [-0.25, -0.2) is 0 Å². The molecule has 1 heterocycles. The van der Waals surface area contributed by atoms with Crippen molar-refractivity contribution in [2.75, 3.05) is 56.3 Å². The van der Waals surface area contributed by atoms with Gasteiger partial charge in [-0.15, -0.1) is 11.8 Å². The van der Waals surface area contributed by atoms with E-state index in [9.17, 15) is 4.79 Å². The van der Waals surface area contributed by atoms with E-state index in [1.165, 1.54) is 43.1 Å². The predicted octanol–water partition coefficient (Wildman–Crippen LogP) is 3.80. The highest BCUT2D eigenvalue weighted by atomic mass is 32.2. The SMILES string of the molecule is CCN(C)C(=O)C(C=CNc1cccc(CCCN2CCSCC2)c1)SC. The van der Waals surface area contributed by atoms with Crippen LogP contribution in [0.1, 0.15) is 18.9 Å². The van der Waals surface area contributed by atoms with Crippen LogP contribution in [-0.4, -0.2) is 71.9 Å². The van der Waals surface area contributed by atoms with Gasteiger partial charge in [0, 0.05) is 43.9 Å². The lowest BCUT2D eigenvalue weighted by Gasteiger charge is -2.25. The Bertz CT molecular complexity index is 603. The van der Waals surface area contributed by atoms with E-state index < -0.39 is 0 Å². The molecule has 1 atom stereocenters. The molecule has 27 heavy (non-hydrogen) atoms. The molecule has 0 aromatic heterocycles. The van der Waals surface area contributed by atoms with E-state index >= 15 is 0 Å². The Labute approximate surface area is 173 Å². The van der Waals surface area contributed by atoms with Gasteiger partial charge in [-0.05, 0) is 62.5 Å². The minimum absolute atomic E-state index is 0.145. The van der Waals surface area contributed by atoms with E-state index in [1.807, 2.05) is 32.5 Å². The van der Waals surface area contributed by atoms with Crippen molar-refractivity contribution in [1.29, 1.82) is 0 Å². The van der Waals surface area contributed by atoms with Gasteiger partial charge in [-0.1, -0.05) is 12.1 Å². The van der Waals surface area contributed by atoms with Crippen LogP contribution in [0.3, 0.4) is 0 Å². The largest absolute Gasteiger partial charge is 0.362 e. The van der Waals surface area contributed by atoms with Crippen molar-refractivity contribution in [2.45, 2.75) is 25.0 Å². The highest BCUT2D eigenvalue weighted by Crippen LogP contribution is 2.15. The third-order valence-electron chi connectivity index (χ3n) is 4.84. The monoisotopic (exact) mass is 407 g/mol. The molecule has 0 spiro atoms. The van der Waals surface area contributed by atoms with Crippen molar-refractivity contribution in [1.82, 2.24) is 9.80 Å². The molecule has 1 N–H and O–H groups in total. The summed E-state index contributed by atoms with van der Waals surface area (Å²) in [6, 6.07) is 8.59. The predicted molar refractivity (Wildman–Crippen MR) is 122 cm³/mol. The first kappa shape index (κ1) is 22.2. The quantitative estimate of drug-likeness (QED) is 0.638. The number of amides is 1. The summed E-state index contributed by atoms with van der Waals surface area (Å²) in [7, 11) is 1.85. The van der Waals surface area contributed by atoms with Crippen LogP contribution in [0.4, 0.5) is 5.69 Å². The van der Waals surface area contributed by atoms with Crippen LogP contribution in [-0.2, 0) is 11.2 Å². The number of nitrogens with zero attached hydrogens (tertiary/aromatic N) is 2. The molecule has 150 valence electrons. The van der Waals surface area contributed by atoms with Gasteiger partial charge in [-0.2, -0.15) is 11.8 Å². The molecule has 2 rings (SSSR count). The van der Waals surface area contributed by atoms with Crippen LogP contribution >= 0.6 is 23.5 Å². The second-order valence-electron chi connectivity index (χ2n) is 6.77. The summed E-state index contributed by atoms with van der Waals surface area (Å²) >= 11 is 3.62. The molecule has 0 saturated carbocycles. The Balaban J connectivity index is 1.80. The Morgan fingerprint density at radius 2 is 2.19 bits per heavy atom. The maximum Gasteiger partial charge on any atom is 0.239 e. The molecule has 1 aliphatic heterocycles. The van der Waals surface area contributed by atoms with Gasteiger partial charge in [0.1, 0.15) is 5.25 Å². The molecular formula is C21H33N3OS2. The first-order chi connectivity index (χ1) is 13.1. The third kappa shape index (κ3) is 7.80. The topological polar surface area (TPSA) is 35.6 Å². The number of hydrogen-bond acceptors (Lipinski definition) is 5. The Hall–Kier alpha value is -1.11. The molecule has 1 saturated heterocycles. The number of nitrogens with one attached hydrogen (secondary N) is 1. The number of carbonyl (C=O) groups excluding carboxylic acids is 1. The molecule has 1 amide bonds. The molecular weight excluding hydrogens is 374 g/mol. The van der Waals surface area contributed by atoms with Crippen molar-refractivity contribution < 1.29 is 4.79 Å². The molecule has 0 aliphatic carbocycles. The lowest BCUT2D eigenvalue weighted by molar-refractivity contribution is -0.128. The van der Waals surface area contributed by atoms with Gasteiger partial charge in [0.05, 0.1) is 0 Å². The van der Waals surface area contributed by atoms with Crippen molar-refractivity contribution in [3.05, 3.63) is 42.1 Å². The van der Waals surface area contributed by atoms with Crippen LogP contribution in [0.25, 0.3) is 0 Å². The standard InChI is InChI=1S/C21H33N3OS2/c1-4-23(2)21(25)20(26-3)10-11-22-19-9-5-7-18(17-19)8-6-12-24-13-15-27-16-14-24/h5,7,9-11,17,20,22H,4,6,8,12-16H2,1-3H3. The van der Waals surface area contributed by atoms with Crippen LogP contribution in [0, 0.1) is 0 Å². The zero-order chi connectivity index (χ0) is 19.5. The van der Waals surface area contributed by atoms with Crippen LogP contribution < -0.4 is 5.32 Å². The summed E-state index contributed by atoms with van der Waals surface area (Å²) in [5, 5.41) is 3.18. The number of anilines is 1. The average molecular weight is 408 g/mol. The molecule has 0 bridgehead atoms. The molecule has 6 heteroatoms. The maximum absolute atomic E-state index is 12.3. The van der Waals surface area contributed by atoms with Gasteiger partial charge in [-0.3, -0.25) is 4.79 Å². The highest BCUT2D eigenvalue weighted by molar-refractivity contribution is 8.00. The summed E-state index contributed by atoms with van der Waals surface area (Å²) < 4.78 is 0. The molecule has 1 unspecified atom stereocenters. The van der Waals surface area contributed by atoms with Crippen LogP contribution in [0.5, 0.6) is 0 Å². The summed E-state index contributed by atoms with van der Waals surface area (Å²) in [4.78, 5) is 16.6. The first-order valence-corrected chi connectivity index (χ1v) is 12.2. The number of carbonyl (C=O) groups is 1. The molecule has 1 aromatic rings. The number of rotatable bonds is 10. The van der Waals surface area contributed by atoms with E-state index in [-0.39, 0.29) is 11.2 Å². The number of thioether (sulfide) groups is 2. The van der Waals surface area contributed by atoms with Crippen molar-refractivity contribution in [2.24, 2.45) is 0 Å². The van der Waals surface area contributed by atoms with Crippen molar-refractivity contribution in [3.8, 4) is 0 Å². The third-order valence-corrected chi connectivity index (χ3v) is 6.65. The van der Waals surface area contributed by atoms with Gasteiger partial charge in [0.25, 0.3) is 0 Å². The molecule has 4 nitrogen and oxygen atoms in total. The fourth-order valence-corrected chi connectivity index (χ4v) is 4.61. The fourth-order valence-electron chi connectivity index (χ4n) is 3.01. The summed E-state index contributed by atoms with van der Waals surface area (Å²) in [5.41, 5.74) is 2.44. The summed E-state index contributed by atoms with van der Waals surface area (Å²) in [6.07, 6.45) is 8.12. The number of aryl methyl sites for hydroxylation is 1. The lowest BCUT2D eigenvalue weighted by atomic mass is 10.1. The summed E-state index contributed by atoms with van der Waals surface area (Å²) in [5.74, 6) is 2.70. The fraction of sp³-hybridized carbons (Fsp3) is 0.571. The van der Waals surface area contributed by atoms with Gasteiger partial charge < -0.3 is 15.1 Å². The average Bonchev–Trinajstić information content (AvgIpc) is 2.71. The zero-order valence-electron chi connectivity index (χ0n) is 16.8. The van der Waals surface area contributed by atoms with Crippen LogP contribution in [0.15, 0.2) is 36.5 Å². The first-order valence-electron chi connectivity index (χ1n) is 9.74.